The number of ether oxygens (including phenoxy) is 1. The average molecular weight is 492 g/mol. The highest BCUT2D eigenvalue weighted by molar-refractivity contribution is 5.96. The van der Waals surface area contributed by atoms with Gasteiger partial charge in [-0.3, -0.25) is 14.5 Å². The molecule has 0 radical (unpaired) electrons. The van der Waals surface area contributed by atoms with E-state index in [1.165, 1.54) is 11.1 Å². The van der Waals surface area contributed by atoms with E-state index in [0.29, 0.717) is 24.5 Å². The van der Waals surface area contributed by atoms with Crippen molar-refractivity contribution in [3.63, 3.8) is 0 Å². The molecule has 2 aliphatic heterocycles. The summed E-state index contributed by atoms with van der Waals surface area (Å²) in [6.45, 7) is 10.00. The van der Waals surface area contributed by atoms with Crippen LogP contribution in [0.25, 0.3) is 0 Å². The average Bonchev–Trinajstić information content (AvgIpc) is 2.88. The van der Waals surface area contributed by atoms with Gasteiger partial charge in [-0.05, 0) is 69.3 Å². The molecule has 0 bridgehead atoms. The van der Waals surface area contributed by atoms with Crippen molar-refractivity contribution in [2.45, 2.75) is 65.5 Å². The lowest BCUT2D eigenvalue weighted by molar-refractivity contribution is -0.136. The minimum Gasteiger partial charge on any atom is -0.491 e. The summed E-state index contributed by atoms with van der Waals surface area (Å²) in [5.74, 6) is 0.827. The molecule has 36 heavy (non-hydrogen) atoms. The van der Waals surface area contributed by atoms with Gasteiger partial charge in [0.1, 0.15) is 12.4 Å². The summed E-state index contributed by atoms with van der Waals surface area (Å²) < 4.78 is 6.11. The van der Waals surface area contributed by atoms with E-state index in [1.807, 2.05) is 18.2 Å². The molecule has 6 heteroatoms. The number of likely N-dealkylation sites (tertiary alicyclic amines) is 1. The maximum atomic E-state index is 13.8. The Morgan fingerprint density at radius 1 is 1.00 bits per heavy atom. The molecule has 0 unspecified atom stereocenters. The summed E-state index contributed by atoms with van der Waals surface area (Å²) >= 11 is 0. The number of amides is 2. The van der Waals surface area contributed by atoms with Crippen molar-refractivity contribution in [2.75, 3.05) is 26.2 Å². The SMILES string of the molecule is Cc1ccc(CN2CCC3(CCCCNC(=O)c4ccccc4OC[C@H](C(C)C)NC3=O)CC2)cc1. The number of para-hydroxylation sites is 1. The second-order valence-corrected chi connectivity index (χ2v) is 10.9. The molecule has 0 aromatic heterocycles. The summed E-state index contributed by atoms with van der Waals surface area (Å²) in [4.78, 5) is 29.1. The van der Waals surface area contributed by atoms with Gasteiger partial charge in [-0.1, -0.05) is 62.2 Å². The molecule has 2 aromatic rings. The zero-order chi connectivity index (χ0) is 25.5. The summed E-state index contributed by atoms with van der Waals surface area (Å²) in [5, 5.41) is 6.40. The number of piperidine rings is 1. The van der Waals surface area contributed by atoms with Crippen LogP contribution in [0.2, 0.25) is 0 Å². The van der Waals surface area contributed by atoms with Gasteiger partial charge in [-0.25, -0.2) is 0 Å². The van der Waals surface area contributed by atoms with Gasteiger partial charge in [0.15, 0.2) is 0 Å². The molecule has 1 spiro atoms. The Morgan fingerprint density at radius 2 is 1.72 bits per heavy atom. The molecule has 2 amide bonds. The second kappa shape index (κ2) is 11.9. The van der Waals surface area contributed by atoms with Gasteiger partial charge in [0, 0.05) is 13.1 Å². The molecule has 0 saturated carbocycles. The number of nitrogens with one attached hydrogen (secondary N) is 2. The van der Waals surface area contributed by atoms with Crippen LogP contribution in [0, 0.1) is 18.3 Å². The molecule has 0 aliphatic carbocycles. The number of hydrogen-bond donors (Lipinski definition) is 2. The fourth-order valence-electron chi connectivity index (χ4n) is 5.25. The van der Waals surface area contributed by atoms with Crippen molar-refractivity contribution < 1.29 is 14.3 Å². The summed E-state index contributed by atoms with van der Waals surface area (Å²) in [6, 6.07) is 15.9. The van der Waals surface area contributed by atoms with Crippen molar-refractivity contribution in [1.82, 2.24) is 15.5 Å². The summed E-state index contributed by atoms with van der Waals surface area (Å²) in [5.41, 5.74) is 2.76. The second-order valence-electron chi connectivity index (χ2n) is 10.9. The first kappa shape index (κ1) is 26.2. The molecule has 6 nitrogen and oxygen atoms in total. The van der Waals surface area contributed by atoms with Crippen molar-refractivity contribution >= 4 is 11.8 Å². The fraction of sp³-hybridized carbons (Fsp3) is 0.533. The van der Waals surface area contributed by atoms with Gasteiger partial charge in [-0.15, -0.1) is 0 Å². The summed E-state index contributed by atoms with van der Waals surface area (Å²) in [7, 11) is 0. The van der Waals surface area contributed by atoms with Crippen LogP contribution in [0.4, 0.5) is 0 Å². The highest BCUT2D eigenvalue weighted by Crippen LogP contribution is 2.38. The van der Waals surface area contributed by atoms with Crippen molar-refractivity contribution in [3.05, 3.63) is 65.2 Å². The number of nitrogens with zero attached hydrogens (tertiary/aromatic N) is 1. The smallest absolute Gasteiger partial charge is 0.255 e. The molecule has 2 heterocycles. The van der Waals surface area contributed by atoms with E-state index in [4.69, 9.17) is 4.74 Å². The molecule has 1 atom stereocenters. The van der Waals surface area contributed by atoms with E-state index >= 15 is 0 Å². The molecule has 194 valence electrons. The van der Waals surface area contributed by atoms with Crippen LogP contribution in [0.15, 0.2) is 48.5 Å². The number of aryl methyl sites for hydroxylation is 1. The molecule has 2 aromatic carbocycles. The Kier molecular flexibility index (Phi) is 8.68. The first-order valence-electron chi connectivity index (χ1n) is 13.5. The van der Waals surface area contributed by atoms with Crippen LogP contribution in [0.3, 0.4) is 0 Å². The first-order chi connectivity index (χ1) is 17.4. The van der Waals surface area contributed by atoms with Gasteiger partial charge in [0.25, 0.3) is 5.91 Å². The van der Waals surface area contributed by atoms with Gasteiger partial charge in [0.2, 0.25) is 5.91 Å². The molecule has 2 aliphatic rings. The van der Waals surface area contributed by atoms with Crippen LogP contribution >= 0.6 is 0 Å². The first-order valence-corrected chi connectivity index (χ1v) is 13.5. The van der Waals surface area contributed by atoms with E-state index in [9.17, 15) is 9.59 Å². The highest BCUT2D eigenvalue weighted by Gasteiger charge is 2.41. The maximum Gasteiger partial charge on any atom is 0.255 e. The Bertz CT molecular complexity index is 1030. The lowest BCUT2D eigenvalue weighted by Crippen LogP contribution is -2.53. The Balaban J connectivity index is 1.47. The number of fused-ring (bicyclic) bond motifs is 1. The minimum absolute atomic E-state index is 0.105. The minimum atomic E-state index is -0.372. The van der Waals surface area contributed by atoms with E-state index in [-0.39, 0.29) is 29.2 Å². The van der Waals surface area contributed by atoms with Crippen LogP contribution in [0.1, 0.15) is 67.4 Å². The Hall–Kier alpha value is -2.86. The third-order valence-corrected chi connectivity index (χ3v) is 7.86. The topological polar surface area (TPSA) is 70.7 Å². The molecular formula is C30H41N3O3. The fourth-order valence-corrected chi connectivity index (χ4v) is 5.25. The molecule has 2 N–H and O–H groups in total. The maximum absolute atomic E-state index is 13.8. The predicted octanol–water partition coefficient (Wildman–Crippen LogP) is 4.71. The van der Waals surface area contributed by atoms with Crippen molar-refractivity contribution in [1.29, 1.82) is 0 Å². The van der Waals surface area contributed by atoms with Crippen LogP contribution in [-0.2, 0) is 11.3 Å². The third kappa shape index (κ3) is 6.47. The number of carbonyl (C=O) groups excluding carboxylic acids is 2. The van der Waals surface area contributed by atoms with Crippen LogP contribution in [-0.4, -0.2) is 49.0 Å². The Morgan fingerprint density at radius 3 is 2.44 bits per heavy atom. The number of carbonyl (C=O) groups is 2. The van der Waals surface area contributed by atoms with Crippen LogP contribution < -0.4 is 15.4 Å². The van der Waals surface area contributed by atoms with Crippen molar-refractivity contribution in [2.24, 2.45) is 11.3 Å². The monoisotopic (exact) mass is 491 g/mol. The van der Waals surface area contributed by atoms with Gasteiger partial charge < -0.3 is 15.4 Å². The zero-order valence-corrected chi connectivity index (χ0v) is 22.0. The van der Waals surface area contributed by atoms with Crippen molar-refractivity contribution in [3.8, 4) is 5.75 Å². The summed E-state index contributed by atoms with van der Waals surface area (Å²) in [6.07, 6.45) is 4.31. The van der Waals surface area contributed by atoms with Crippen LogP contribution in [0.5, 0.6) is 5.75 Å². The van der Waals surface area contributed by atoms with Gasteiger partial charge in [0.05, 0.1) is 17.0 Å². The largest absolute Gasteiger partial charge is 0.491 e. The normalized spacial score (nSPS) is 21.7. The van der Waals surface area contributed by atoms with E-state index < -0.39 is 0 Å². The standard InChI is InChI=1S/C30H41N3O3/c1-22(2)26-21-36-27-9-5-4-8-25(27)28(34)31-17-7-6-14-30(29(35)32-26)15-18-33(19-16-30)20-24-12-10-23(3)11-13-24/h4-5,8-13,22,26H,6-7,14-21H2,1-3H3,(H,31,34)(H,32,35)/t26-/m1/s1. The zero-order valence-electron chi connectivity index (χ0n) is 22.0. The molecule has 4 rings (SSSR count). The number of hydrogen-bond acceptors (Lipinski definition) is 4. The highest BCUT2D eigenvalue weighted by atomic mass is 16.5. The lowest BCUT2D eigenvalue weighted by Gasteiger charge is -2.42. The lowest BCUT2D eigenvalue weighted by atomic mass is 9.73. The van der Waals surface area contributed by atoms with Gasteiger partial charge in [-0.2, -0.15) is 0 Å². The van der Waals surface area contributed by atoms with E-state index in [1.54, 1.807) is 6.07 Å². The quantitative estimate of drug-likeness (QED) is 0.652. The van der Waals surface area contributed by atoms with E-state index in [2.05, 4.69) is 60.6 Å². The Labute approximate surface area is 215 Å². The third-order valence-electron chi connectivity index (χ3n) is 7.86. The molecular weight excluding hydrogens is 450 g/mol. The van der Waals surface area contributed by atoms with Gasteiger partial charge >= 0.3 is 0 Å². The predicted molar refractivity (Wildman–Crippen MR) is 143 cm³/mol. The molecule has 1 saturated heterocycles. The number of rotatable bonds is 3. The molecule has 1 fully saturated rings. The van der Waals surface area contributed by atoms with E-state index in [0.717, 1.165) is 51.7 Å². The number of benzene rings is 2.